The summed E-state index contributed by atoms with van der Waals surface area (Å²) in [4.78, 5) is 20.0. The van der Waals surface area contributed by atoms with Crippen LogP contribution in [0, 0.1) is 6.92 Å². The Labute approximate surface area is 164 Å². The van der Waals surface area contributed by atoms with Gasteiger partial charge in [-0.2, -0.15) is 0 Å². The van der Waals surface area contributed by atoms with E-state index in [0.29, 0.717) is 18.2 Å². The summed E-state index contributed by atoms with van der Waals surface area (Å²) in [5, 5.41) is 9.32. The summed E-state index contributed by atoms with van der Waals surface area (Å²) in [5.41, 5.74) is 2.66. The first kappa shape index (κ1) is 19.2. The fraction of sp³-hybridized carbons (Fsp3) is 0.190. The monoisotopic (exact) mass is 377 g/mol. The fourth-order valence-electron chi connectivity index (χ4n) is 2.75. The molecule has 3 N–H and O–H groups in total. The van der Waals surface area contributed by atoms with E-state index in [9.17, 15) is 4.79 Å². The normalized spacial score (nSPS) is 10.2. The summed E-state index contributed by atoms with van der Waals surface area (Å²) < 4.78 is 5.38. The zero-order valence-electron chi connectivity index (χ0n) is 16.1. The zero-order chi connectivity index (χ0) is 19.9. The largest absolute Gasteiger partial charge is 0.496 e. The van der Waals surface area contributed by atoms with Gasteiger partial charge >= 0.3 is 0 Å². The molecule has 0 fully saturated rings. The summed E-state index contributed by atoms with van der Waals surface area (Å²) >= 11 is 0. The second kappa shape index (κ2) is 8.85. The first-order valence-corrected chi connectivity index (χ1v) is 8.89. The van der Waals surface area contributed by atoms with Crippen molar-refractivity contribution in [3.05, 3.63) is 66.0 Å². The van der Waals surface area contributed by atoms with Gasteiger partial charge < -0.3 is 20.7 Å². The molecule has 3 rings (SSSR count). The van der Waals surface area contributed by atoms with Crippen molar-refractivity contribution in [2.24, 2.45) is 0 Å². The Bertz CT molecular complexity index is 957. The van der Waals surface area contributed by atoms with E-state index < -0.39 is 0 Å². The molecule has 0 unspecified atom stereocenters. The Morgan fingerprint density at radius 1 is 1.00 bits per heavy atom. The van der Waals surface area contributed by atoms with Gasteiger partial charge in [-0.05, 0) is 37.3 Å². The summed E-state index contributed by atoms with van der Waals surface area (Å²) in [6.07, 6.45) is 0. The summed E-state index contributed by atoms with van der Waals surface area (Å²) in [5.74, 6) is 2.79. The first-order chi connectivity index (χ1) is 13.5. The van der Waals surface area contributed by atoms with Gasteiger partial charge in [0, 0.05) is 36.5 Å². The molecule has 7 nitrogen and oxygen atoms in total. The lowest BCUT2D eigenvalue weighted by molar-refractivity contribution is -0.114. The van der Waals surface area contributed by atoms with Crippen LogP contribution in [0.15, 0.2) is 54.6 Å². The van der Waals surface area contributed by atoms with Gasteiger partial charge in [-0.3, -0.25) is 4.79 Å². The fourth-order valence-corrected chi connectivity index (χ4v) is 2.75. The van der Waals surface area contributed by atoms with Gasteiger partial charge in [0.15, 0.2) is 0 Å². The predicted molar refractivity (Wildman–Crippen MR) is 111 cm³/mol. The smallest absolute Gasteiger partial charge is 0.221 e. The molecule has 2 aromatic carbocycles. The van der Waals surface area contributed by atoms with E-state index in [2.05, 4.69) is 25.9 Å². The van der Waals surface area contributed by atoms with E-state index in [1.54, 1.807) is 7.11 Å². The molecule has 0 radical (unpaired) electrons. The lowest BCUT2D eigenvalue weighted by atomic mass is 10.2. The van der Waals surface area contributed by atoms with Gasteiger partial charge in [-0.15, -0.1) is 0 Å². The van der Waals surface area contributed by atoms with Gasteiger partial charge in [0.05, 0.1) is 7.11 Å². The second-order valence-electron chi connectivity index (χ2n) is 6.23. The molecule has 1 heterocycles. The highest BCUT2D eigenvalue weighted by molar-refractivity contribution is 5.88. The summed E-state index contributed by atoms with van der Waals surface area (Å²) in [7, 11) is 1.66. The molecule has 0 bridgehead atoms. The number of nitrogens with zero attached hydrogens (tertiary/aromatic N) is 2. The minimum absolute atomic E-state index is 0.0992. The van der Waals surface area contributed by atoms with Gasteiger partial charge in [0.2, 0.25) is 5.91 Å². The number of ether oxygens (including phenoxy) is 1. The van der Waals surface area contributed by atoms with Crippen LogP contribution in [0.1, 0.15) is 18.3 Å². The van der Waals surface area contributed by atoms with Crippen LogP contribution in [-0.2, 0) is 11.3 Å². The maximum Gasteiger partial charge on any atom is 0.221 e. The number of hydrogen-bond acceptors (Lipinski definition) is 6. The number of hydrogen-bond donors (Lipinski definition) is 3. The van der Waals surface area contributed by atoms with Gasteiger partial charge in [-0.1, -0.05) is 18.2 Å². The van der Waals surface area contributed by atoms with Crippen LogP contribution in [0.25, 0.3) is 0 Å². The summed E-state index contributed by atoms with van der Waals surface area (Å²) in [6.45, 7) is 3.92. The van der Waals surface area contributed by atoms with E-state index in [4.69, 9.17) is 4.74 Å². The molecule has 1 aromatic heterocycles. The van der Waals surface area contributed by atoms with Crippen LogP contribution in [0.4, 0.5) is 23.0 Å². The summed E-state index contributed by atoms with van der Waals surface area (Å²) in [6, 6.07) is 17.1. The van der Waals surface area contributed by atoms with Crippen LogP contribution < -0.4 is 20.7 Å². The Balaban J connectivity index is 1.70. The minimum Gasteiger partial charge on any atom is -0.496 e. The van der Waals surface area contributed by atoms with Gasteiger partial charge in [0.25, 0.3) is 0 Å². The Morgan fingerprint density at radius 3 is 2.39 bits per heavy atom. The number of anilines is 4. The van der Waals surface area contributed by atoms with Crippen molar-refractivity contribution in [2.75, 3.05) is 23.1 Å². The first-order valence-electron chi connectivity index (χ1n) is 8.89. The molecular weight excluding hydrogens is 354 g/mol. The van der Waals surface area contributed by atoms with E-state index in [1.165, 1.54) is 6.92 Å². The van der Waals surface area contributed by atoms with Crippen molar-refractivity contribution >= 4 is 28.9 Å². The highest BCUT2D eigenvalue weighted by atomic mass is 16.5. The number of para-hydroxylation sites is 1. The Morgan fingerprint density at radius 2 is 1.68 bits per heavy atom. The third-order valence-corrected chi connectivity index (χ3v) is 3.97. The molecule has 0 aliphatic carbocycles. The number of amides is 1. The van der Waals surface area contributed by atoms with Crippen molar-refractivity contribution in [1.29, 1.82) is 0 Å². The second-order valence-corrected chi connectivity index (χ2v) is 6.23. The van der Waals surface area contributed by atoms with E-state index in [-0.39, 0.29) is 5.91 Å². The van der Waals surface area contributed by atoms with Crippen molar-refractivity contribution in [2.45, 2.75) is 20.4 Å². The highest BCUT2D eigenvalue weighted by Crippen LogP contribution is 2.21. The third-order valence-electron chi connectivity index (χ3n) is 3.97. The van der Waals surface area contributed by atoms with Crippen molar-refractivity contribution in [3.8, 4) is 5.75 Å². The average molecular weight is 377 g/mol. The van der Waals surface area contributed by atoms with E-state index in [0.717, 1.165) is 28.5 Å². The number of rotatable bonds is 7. The standard InChI is InChI=1S/C21H23N5O2/c1-14-23-20(22-13-16-6-4-5-7-19(16)28-3)12-21(24-14)26-18-10-8-17(9-11-18)25-15(2)27/h4-12H,13H2,1-3H3,(H,25,27)(H2,22,23,24,26). The molecule has 0 aliphatic heterocycles. The third kappa shape index (κ3) is 5.20. The van der Waals surface area contributed by atoms with E-state index in [1.807, 2.05) is 61.5 Å². The molecule has 0 aliphatic rings. The topological polar surface area (TPSA) is 88.2 Å². The molecule has 3 aromatic rings. The highest BCUT2D eigenvalue weighted by Gasteiger charge is 2.06. The lowest BCUT2D eigenvalue weighted by Crippen LogP contribution is -2.06. The van der Waals surface area contributed by atoms with Crippen LogP contribution in [-0.4, -0.2) is 23.0 Å². The Kier molecular flexibility index (Phi) is 6.06. The van der Waals surface area contributed by atoms with E-state index >= 15 is 0 Å². The molecular formula is C21H23N5O2. The number of aromatic nitrogens is 2. The number of carbonyl (C=O) groups is 1. The lowest BCUT2D eigenvalue weighted by Gasteiger charge is -2.12. The number of nitrogens with one attached hydrogen (secondary N) is 3. The number of methoxy groups -OCH3 is 1. The molecule has 0 saturated heterocycles. The molecule has 7 heteroatoms. The number of carbonyl (C=O) groups excluding carboxylic acids is 1. The number of aryl methyl sites for hydroxylation is 1. The molecule has 0 spiro atoms. The number of benzene rings is 2. The SMILES string of the molecule is COc1ccccc1CNc1cc(Nc2ccc(NC(C)=O)cc2)nc(C)n1. The van der Waals surface area contributed by atoms with Crippen LogP contribution >= 0.6 is 0 Å². The van der Waals surface area contributed by atoms with Gasteiger partial charge in [0.1, 0.15) is 23.2 Å². The van der Waals surface area contributed by atoms with Crippen molar-refractivity contribution < 1.29 is 9.53 Å². The van der Waals surface area contributed by atoms with Crippen LogP contribution in [0.2, 0.25) is 0 Å². The molecule has 144 valence electrons. The maximum atomic E-state index is 11.1. The zero-order valence-corrected chi connectivity index (χ0v) is 16.1. The molecule has 28 heavy (non-hydrogen) atoms. The predicted octanol–water partition coefficient (Wildman–Crippen LogP) is 4.11. The Hall–Kier alpha value is -3.61. The molecule has 1 amide bonds. The molecule has 0 atom stereocenters. The van der Waals surface area contributed by atoms with Gasteiger partial charge in [-0.25, -0.2) is 9.97 Å². The van der Waals surface area contributed by atoms with Crippen molar-refractivity contribution in [1.82, 2.24) is 9.97 Å². The quantitative estimate of drug-likeness (QED) is 0.574. The van der Waals surface area contributed by atoms with Crippen molar-refractivity contribution in [3.63, 3.8) is 0 Å². The minimum atomic E-state index is -0.0992. The molecule has 0 saturated carbocycles. The van der Waals surface area contributed by atoms with Crippen LogP contribution in [0.3, 0.4) is 0 Å². The maximum absolute atomic E-state index is 11.1. The average Bonchev–Trinajstić information content (AvgIpc) is 2.67. The van der Waals surface area contributed by atoms with Crippen LogP contribution in [0.5, 0.6) is 5.75 Å².